The number of nitrogens with zero attached hydrogens (tertiary/aromatic N) is 1. The second kappa shape index (κ2) is 7.94. The highest BCUT2D eigenvalue weighted by atomic mass is 35.5. The molecule has 0 spiro atoms. The average Bonchev–Trinajstić information content (AvgIpc) is 2.38. The maximum absolute atomic E-state index is 12.4. The van der Waals surface area contributed by atoms with E-state index in [9.17, 15) is 13.6 Å². The molecule has 19 heavy (non-hydrogen) atoms. The predicted octanol–water partition coefficient (Wildman–Crippen LogP) is 2.57. The van der Waals surface area contributed by atoms with Crippen LogP contribution in [-0.4, -0.2) is 43.3 Å². The first-order valence-electron chi connectivity index (χ1n) is 5.82. The normalized spacial score (nSPS) is 10.6. The molecule has 0 saturated carbocycles. The van der Waals surface area contributed by atoms with Gasteiger partial charge in [0.1, 0.15) is 5.75 Å². The van der Waals surface area contributed by atoms with E-state index in [0.717, 1.165) is 4.90 Å². The summed E-state index contributed by atoms with van der Waals surface area (Å²) in [7, 11) is 1.50. The van der Waals surface area contributed by atoms with Gasteiger partial charge < -0.3 is 9.64 Å². The number of ether oxygens (including phenoxy) is 1. The Kier molecular flexibility index (Phi) is 6.56. The monoisotopic (exact) mass is 291 g/mol. The van der Waals surface area contributed by atoms with Crippen LogP contribution in [0.4, 0.5) is 8.78 Å². The fraction of sp³-hybridized carbons (Fsp3) is 0.462. The Balaban J connectivity index is 2.75. The highest BCUT2D eigenvalue weighted by molar-refractivity contribution is 6.18. The average molecular weight is 292 g/mol. The molecular weight excluding hydrogens is 276 g/mol. The van der Waals surface area contributed by atoms with Crippen LogP contribution in [0.15, 0.2) is 24.3 Å². The molecule has 1 aromatic carbocycles. The molecule has 0 aliphatic rings. The summed E-state index contributed by atoms with van der Waals surface area (Å²) in [4.78, 5) is 13.1. The fourth-order valence-corrected chi connectivity index (χ4v) is 1.91. The lowest BCUT2D eigenvalue weighted by molar-refractivity contribution is -0.132. The van der Waals surface area contributed by atoms with Crippen molar-refractivity contribution in [3.63, 3.8) is 0 Å². The molecule has 0 bridgehead atoms. The molecule has 1 aromatic rings. The standard InChI is InChI=1S/C13H16ClF2NO2/c1-19-11-5-3-2-4-10(11)8-13(18)17(7-6-14)9-12(15)16/h2-5,12H,6-9H2,1H3. The lowest BCUT2D eigenvalue weighted by Crippen LogP contribution is -2.37. The third-order valence-corrected chi connectivity index (χ3v) is 2.77. The Morgan fingerprint density at radius 1 is 1.42 bits per heavy atom. The van der Waals surface area contributed by atoms with Gasteiger partial charge in [0.15, 0.2) is 0 Å². The van der Waals surface area contributed by atoms with Crippen molar-refractivity contribution in [2.24, 2.45) is 0 Å². The van der Waals surface area contributed by atoms with Crippen LogP contribution in [0.5, 0.6) is 5.75 Å². The Morgan fingerprint density at radius 2 is 2.11 bits per heavy atom. The second-order valence-corrected chi connectivity index (χ2v) is 4.29. The molecule has 1 amide bonds. The summed E-state index contributed by atoms with van der Waals surface area (Å²) in [6, 6.07) is 7.01. The Bertz CT molecular complexity index is 415. The van der Waals surface area contributed by atoms with Crippen molar-refractivity contribution in [1.29, 1.82) is 0 Å². The number of alkyl halides is 3. The van der Waals surface area contributed by atoms with Gasteiger partial charge in [0, 0.05) is 18.0 Å². The minimum Gasteiger partial charge on any atom is -0.496 e. The van der Waals surface area contributed by atoms with Crippen molar-refractivity contribution >= 4 is 17.5 Å². The molecular formula is C13H16ClF2NO2. The van der Waals surface area contributed by atoms with Gasteiger partial charge in [-0.3, -0.25) is 4.79 Å². The number of carbonyl (C=O) groups is 1. The van der Waals surface area contributed by atoms with Crippen LogP contribution >= 0.6 is 11.6 Å². The smallest absolute Gasteiger partial charge is 0.255 e. The van der Waals surface area contributed by atoms with Gasteiger partial charge in [0.2, 0.25) is 5.91 Å². The van der Waals surface area contributed by atoms with E-state index in [1.165, 1.54) is 7.11 Å². The van der Waals surface area contributed by atoms with E-state index >= 15 is 0 Å². The Hall–Kier alpha value is -1.36. The van der Waals surface area contributed by atoms with E-state index in [1.807, 2.05) is 0 Å². The van der Waals surface area contributed by atoms with E-state index < -0.39 is 13.0 Å². The van der Waals surface area contributed by atoms with Crippen LogP contribution in [0.25, 0.3) is 0 Å². The first kappa shape index (κ1) is 15.7. The molecule has 0 heterocycles. The van der Waals surface area contributed by atoms with Crippen LogP contribution in [-0.2, 0) is 11.2 Å². The van der Waals surface area contributed by atoms with Crippen LogP contribution < -0.4 is 4.74 Å². The van der Waals surface area contributed by atoms with Gasteiger partial charge in [-0.15, -0.1) is 11.6 Å². The SMILES string of the molecule is COc1ccccc1CC(=O)N(CCCl)CC(F)F. The van der Waals surface area contributed by atoms with Gasteiger partial charge >= 0.3 is 0 Å². The number of amides is 1. The third kappa shape index (κ3) is 5.03. The minimum absolute atomic E-state index is 0.0215. The topological polar surface area (TPSA) is 29.5 Å². The molecule has 0 N–H and O–H groups in total. The summed E-state index contributed by atoms with van der Waals surface area (Å²) in [5, 5.41) is 0. The summed E-state index contributed by atoms with van der Waals surface area (Å²) >= 11 is 5.52. The zero-order chi connectivity index (χ0) is 14.3. The first-order valence-corrected chi connectivity index (χ1v) is 6.35. The molecule has 0 fully saturated rings. The Morgan fingerprint density at radius 3 is 2.68 bits per heavy atom. The summed E-state index contributed by atoms with van der Waals surface area (Å²) in [6.07, 6.45) is -2.54. The second-order valence-electron chi connectivity index (χ2n) is 3.91. The van der Waals surface area contributed by atoms with Crippen LogP contribution in [0.1, 0.15) is 5.56 Å². The largest absolute Gasteiger partial charge is 0.496 e. The van der Waals surface area contributed by atoms with Gasteiger partial charge in [-0.1, -0.05) is 18.2 Å². The number of halogens is 3. The van der Waals surface area contributed by atoms with E-state index in [2.05, 4.69) is 0 Å². The minimum atomic E-state index is -2.56. The van der Waals surface area contributed by atoms with Gasteiger partial charge in [0.25, 0.3) is 6.43 Å². The van der Waals surface area contributed by atoms with Gasteiger partial charge in [-0.2, -0.15) is 0 Å². The summed E-state index contributed by atoms with van der Waals surface area (Å²) in [5.74, 6) is 0.314. The maximum Gasteiger partial charge on any atom is 0.255 e. The van der Waals surface area contributed by atoms with Gasteiger partial charge in [-0.05, 0) is 6.07 Å². The van der Waals surface area contributed by atoms with Crippen LogP contribution in [0.3, 0.4) is 0 Å². The summed E-state index contributed by atoms with van der Waals surface area (Å²) in [5.41, 5.74) is 0.670. The van der Waals surface area contributed by atoms with E-state index in [-0.39, 0.29) is 24.8 Å². The zero-order valence-corrected chi connectivity index (χ0v) is 11.4. The number of methoxy groups -OCH3 is 1. The molecule has 3 nitrogen and oxygen atoms in total. The van der Waals surface area contributed by atoms with E-state index in [1.54, 1.807) is 24.3 Å². The van der Waals surface area contributed by atoms with Gasteiger partial charge in [0.05, 0.1) is 20.1 Å². The zero-order valence-electron chi connectivity index (χ0n) is 10.6. The third-order valence-electron chi connectivity index (χ3n) is 2.60. The van der Waals surface area contributed by atoms with Crippen molar-refractivity contribution < 1.29 is 18.3 Å². The molecule has 0 unspecified atom stereocenters. The number of hydrogen-bond acceptors (Lipinski definition) is 2. The highest BCUT2D eigenvalue weighted by Gasteiger charge is 2.19. The molecule has 0 aliphatic carbocycles. The number of para-hydroxylation sites is 1. The van der Waals surface area contributed by atoms with E-state index in [4.69, 9.17) is 16.3 Å². The molecule has 0 radical (unpaired) electrons. The number of benzene rings is 1. The van der Waals surface area contributed by atoms with Crippen molar-refractivity contribution in [2.75, 3.05) is 26.1 Å². The molecule has 106 valence electrons. The van der Waals surface area contributed by atoms with Gasteiger partial charge in [-0.25, -0.2) is 8.78 Å². The number of carbonyl (C=O) groups excluding carboxylic acids is 1. The van der Waals surface area contributed by atoms with Crippen LogP contribution in [0, 0.1) is 0 Å². The highest BCUT2D eigenvalue weighted by Crippen LogP contribution is 2.18. The first-order chi connectivity index (χ1) is 9.08. The lowest BCUT2D eigenvalue weighted by Gasteiger charge is -2.21. The van der Waals surface area contributed by atoms with Crippen LogP contribution in [0.2, 0.25) is 0 Å². The predicted molar refractivity (Wildman–Crippen MR) is 70.0 cm³/mol. The quantitative estimate of drug-likeness (QED) is 0.723. The fourth-order valence-electron chi connectivity index (χ4n) is 1.71. The molecule has 0 atom stereocenters. The molecule has 1 rings (SSSR count). The molecule has 0 aliphatic heterocycles. The summed E-state index contributed by atoms with van der Waals surface area (Å²) in [6.45, 7) is -0.486. The Labute approximate surface area is 116 Å². The van der Waals surface area contributed by atoms with Crippen molar-refractivity contribution in [1.82, 2.24) is 4.90 Å². The molecule has 0 aromatic heterocycles. The van der Waals surface area contributed by atoms with Crippen molar-refractivity contribution in [3.05, 3.63) is 29.8 Å². The number of rotatable bonds is 7. The number of hydrogen-bond donors (Lipinski definition) is 0. The lowest BCUT2D eigenvalue weighted by atomic mass is 10.1. The maximum atomic E-state index is 12.4. The summed E-state index contributed by atoms with van der Waals surface area (Å²) < 4.78 is 29.9. The van der Waals surface area contributed by atoms with E-state index in [0.29, 0.717) is 11.3 Å². The molecule has 6 heteroatoms. The van der Waals surface area contributed by atoms with Crippen molar-refractivity contribution in [3.8, 4) is 5.75 Å². The van der Waals surface area contributed by atoms with Crippen molar-refractivity contribution in [2.45, 2.75) is 12.8 Å². The molecule has 0 saturated heterocycles.